The summed E-state index contributed by atoms with van der Waals surface area (Å²) in [7, 11) is -1.90. The first-order valence-electron chi connectivity index (χ1n) is 4.93. The molecule has 2 aromatic rings. The van der Waals surface area contributed by atoms with Crippen LogP contribution in [0.5, 0.6) is 0 Å². The molecule has 5 nitrogen and oxygen atoms in total. The van der Waals surface area contributed by atoms with E-state index in [1.807, 2.05) is 0 Å². The van der Waals surface area contributed by atoms with Crippen LogP contribution in [0.3, 0.4) is 0 Å². The standard InChI is InChI=1S/C10H10ClNO4S2/c1-15-5-8-4-7(12-16-8)6-18(13,14)10-3-2-9(11)17-10/h2-4H,5-6H2,1H3. The highest BCUT2D eigenvalue weighted by atomic mass is 35.5. The van der Waals surface area contributed by atoms with Crippen LogP contribution in [0.15, 0.2) is 26.9 Å². The minimum absolute atomic E-state index is 0.211. The summed E-state index contributed by atoms with van der Waals surface area (Å²) in [5.41, 5.74) is 0.353. The zero-order chi connectivity index (χ0) is 13.2. The van der Waals surface area contributed by atoms with Gasteiger partial charge >= 0.3 is 0 Å². The smallest absolute Gasteiger partial charge is 0.193 e. The van der Waals surface area contributed by atoms with Crippen LogP contribution in [0, 0.1) is 0 Å². The van der Waals surface area contributed by atoms with Crippen molar-refractivity contribution in [1.29, 1.82) is 0 Å². The number of thiophene rings is 1. The number of halogens is 1. The minimum atomic E-state index is -3.42. The van der Waals surface area contributed by atoms with E-state index >= 15 is 0 Å². The third-order valence-electron chi connectivity index (χ3n) is 2.09. The quantitative estimate of drug-likeness (QED) is 0.849. The first-order chi connectivity index (χ1) is 8.51. The molecule has 0 aliphatic carbocycles. The largest absolute Gasteiger partial charge is 0.377 e. The van der Waals surface area contributed by atoms with E-state index in [4.69, 9.17) is 20.9 Å². The van der Waals surface area contributed by atoms with Crippen molar-refractivity contribution in [3.05, 3.63) is 34.0 Å². The molecule has 2 heterocycles. The Labute approximate surface area is 113 Å². The molecular formula is C10H10ClNO4S2. The molecule has 8 heteroatoms. The highest BCUT2D eigenvalue weighted by molar-refractivity contribution is 7.92. The van der Waals surface area contributed by atoms with E-state index in [2.05, 4.69) is 5.16 Å². The molecule has 0 fully saturated rings. The third-order valence-corrected chi connectivity index (χ3v) is 5.55. The Morgan fingerprint density at radius 2 is 2.28 bits per heavy atom. The Kier molecular flexibility index (Phi) is 4.06. The van der Waals surface area contributed by atoms with Crippen LogP contribution in [0.1, 0.15) is 11.5 Å². The van der Waals surface area contributed by atoms with Gasteiger partial charge in [-0.3, -0.25) is 0 Å². The molecule has 0 aliphatic heterocycles. The number of aromatic nitrogens is 1. The van der Waals surface area contributed by atoms with Gasteiger partial charge in [0.25, 0.3) is 0 Å². The van der Waals surface area contributed by atoms with Crippen molar-refractivity contribution in [2.24, 2.45) is 0 Å². The lowest BCUT2D eigenvalue weighted by Gasteiger charge is -1.96. The van der Waals surface area contributed by atoms with Gasteiger partial charge in [0, 0.05) is 13.2 Å². The van der Waals surface area contributed by atoms with Gasteiger partial charge in [0.1, 0.15) is 16.6 Å². The number of nitrogens with zero attached hydrogens (tertiary/aromatic N) is 1. The van der Waals surface area contributed by atoms with E-state index in [0.29, 0.717) is 15.8 Å². The van der Waals surface area contributed by atoms with Gasteiger partial charge in [-0.1, -0.05) is 16.8 Å². The molecular weight excluding hydrogens is 298 g/mol. The second kappa shape index (κ2) is 5.40. The zero-order valence-corrected chi connectivity index (χ0v) is 11.8. The molecule has 0 saturated heterocycles. The number of rotatable bonds is 5. The molecule has 0 N–H and O–H groups in total. The molecule has 2 rings (SSSR count). The predicted molar refractivity (Wildman–Crippen MR) is 67.4 cm³/mol. The lowest BCUT2D eigenvalue weighted by atomic mass is 10.4. The Hall–Kier alpha value is -0.890. The van der Waals surface area contributed by atoms with Crippen molar-refractivity contribution in [2.75, 3.05) is 7.11 Å². The van der Waals surface area contributed by atoms with Crippen molar-refractivity contribution < 1.29 is 17.7 Å². The maximum atomic E-state index is 12.0. The summed E-state index contributed by atoms with van der Waals surface area (Å²) in [5, 5.41) is 3.69. The van der Waals surface area contributed by atoms with Gasteiger partial charge in [0.2, 0.25) is 0 Å². The molecule has 0 amide bonds. The fourth-order valence-corrected chi connectivity index (χ4v) is 4.18. The molecule has 0 aromatic carbocycles. The summed E-state index contributed by atoms with van der Waals surface area (Å²) < 4.78 is 34.5. The van der Waals surface area contributed by atoms with Crippen LogP contribution in [-0.2, 0) is 26.9 Å². The highest BCUT2D eigenvalue weighted by Crippen LogP contribution is 2.28. The predicted octanol–water partition coefficient (Wildman–Crippen LogP) is 2.51. The van der Waals surface area contributed by atoms with Gasteiger partial charge < -0.3 is 9.26 Å². The van der Waals surface area contributed by atoms with Gasteiger partial charge in [0.05, 0.1) is 10.0 Å². The van der Waals surface area contributed by atoms with Crippen LogP contribution >= 0.6 is 22.9 Å². The summed E-state index contributed by atoms with van der Waals surface area (Å²) in [6.45, 7) is 0.262. The molecule has 0 saturated carbocycles. The maximum absolute atomic E-state index is 12.0. The van der Waals surface area contributed by atoms with Crippen LogP contribution in [0.4, 0.5) is 0 Å². The zero-order valence-electron chi connectivity index (χ0n) is 9.42. The molecule has 0 aliphatic rings. The van der Waals surface area contributed by atoms with Crippen LogP contribution in [0.25, 0.3) is 0 Å². The van der Waals surface area contributed by atoms with Crippen LogP contribution in [0.2, 0.25) is 4.34 Å². The van der Waals surface area contributed by atoms with Crippen molar-refractivity contribution in [3.8, 4) is 0 Å². The summed E-state index contributed by atoms with van der Waals surface area (Å²) in [5.74, 6) is 0.281. The average molecular weight is 308 g/mol. The van der Waals surface area contributed by atoms with Crippen LogP contribution < -0.4 is 0 Å². The monoisotopic (exact) mass is 307 g/mol. The Bertz CT molecular complexity index is 632. The second-order valence-corrected chi connectivity index (χ2v) is 7.47. The minimum Gasteiger partial charge on any atom is -0.377 e. The van der Waals surface area contributed by atoms with E-state index < -0.39 is 9.84 Å². The molecule has 0 radical (unpaired) electrons. The topological polar surface area (TPSA) is 69.4 Å². The van der Waals surface area contributed by atoms with Crippen molar-refractivity contribution in [3.63, 3.8) is 0 Å². The Morgan fingerprint density at radius 3 is 2.89 bits per heavy atom. The van der Waals surface area contributed by atoms with E-state index in [9.17, 15) is 8.42 Å². The lowest BCUT2D eigenvalue weighted by Crippen LogP contribution is -2.03. The first kappa shape index (κ1) is 13.5. The first-order valence-corrected chi connectivity index (χ1v) is 7.77. The molecule has 0 unspecified atom stereocenters. The summed E-state index contributed by atoms with van der Waals surface area (Å²) in [6.07, 6.45) is 0. The van der Waals surface area contributed by atoms with E-state index in [0.717, 1.165) is 11.3 Å². The Morgan fingerprint density at radius 1 is 1.50 bits per heavy atom. The number of sulfone groups is 1. The SMILES string of the molecule is COCc1cc(CS(=O)(=O)c2ccc(Cl)s2)no1. The fourth-order valence-electron chi connectivity index (χ4n) is 1.36. The van der Waals surface area contributed by atoms with Gasteiger partial charge in [-0.2, -0.15) is 0 Å². The van der Waals surface area contributed by atoms with E-state index in [1.165, 1.54) is 13.2 Å². The number of methoxy groups -OCH3 is 1. The average Bonchev–Trinajstić information content (AvgIpc) is 2.88. The highest BCUT2D eigenvalue weighted by Gasteiger charge is 2.20. The molecule has 98 valence electrons. The summed E-state index contributed by atoms with van der Waals surface area (Å²) >= 11 is 6.74. The second-order valence-electron chi connectivity index (χ2n) is 3.54. The van der Waals surface area contributed by atoms with Gasteiger partial charge in [0.15, 0.2) is 15.6 Å². The number of ether oxygens (including phenoxy) is 1. The maximum Gasteiger partial charge on any atom is 0.193 e. The summed E-state index contributed by atoms with van der Waals surface area (Å²) in [6, 6.07) is 4.60. The molecule has 18 heavy (non-hydrogen) atoms. The fraction of sp³-hybridized carbons (Fsp3) is 0.300. The van der Waals surface area contributed by atoms with Crippen LogP contribution in [-0.4, -0.2) is 20.7 Å². The molecule has 0 spiro atoms. The normalized spacial score (nSPS) is 11.9. The Balaban J connectivity index is 2.17. The van der Waals surface area contributed by atoms with Gasteiger partial charge in [-0.05, 0) is 12.1 Å². The third kappa shape index (κ3) is 3.11. The number of hydrogen-bond acceptors (Lipinski definition) is 6. The molecule has 2 aromatic heterocycles. The van der Waals surface area contributed by atoms with Gasteiger partial charge in [-0.15, -0.1) is 11.3 Å². The van der Waals surface area contributed by atoms with Crippen molar-refractivity contribution in [2.45, 2.75) is 16.6 Å². The van der Waals surface area contributed by atoms with Crippen molar-refractivity contribution in [1.82, 2.24) is 5.16 Å². The van der Waals surface area contributed by atoms with Crippen molar-refractivity contribution >= 4 is 32.8 Å². The summed E-state index contributed by atoms with van der Waals surface area (Å²) in [4.78, 5) is 0. The molecule has 0 atom stereocenters. The van der Waals surface area contributed by atoms with E-state index in [-0.39, 0.29) is 16.6 Å². The van der Waals surface area contributed by atoms with Gasteiger partial charge in [-0.25, -0.2) is 8.42 Å². The van der Waals surface area contributed by atoms with E-state index in [1.54, 1.807) is 12.1 Å². The number of hydrogen-bond donors (Lipinski definition) is 0. The molecule has 0 bridgehead atoms. The lowest BCUT2D eigenvalue weighted by molar-refractivity contribution is 0.156.